The molecule has 0 aliphatic carbocycles. The van der Waals surface area contributed by atoms with Gasteiger partial charge in [0.15, 0.2) is 4.80 Å². The number of non-ortho nitro benzene ring substituents is 1. The molecule has 1 aromatic heterocycles. The van der Waals surface area contributed by atoms with Crippen molar-refractivity contribution in [3.05, 3.63) is 78.9 Å². The summed E-state index contributed by atoms with van der Waals surface area (Å²) in [5, 5.41) is 10.8. The number of aryl methyl sites for hydroxylation is 3. The van der Waals surface area contributed by atoms with Crippen LogP contribution in [0.2, 0.25) is 0 Å². The van der Waals surface area contributed by atoms with E-state index in [-0.39, 0.29) is 5.69 Å². The summed E-state index contributed by atoms with van der Waals surface area (Å²) in [5.41, 5.74) is 4.88. The number of aromatic nitrogens is 1. The Kier molecular flexibility index (Phi) is 5.56. The third-order valence-electron chi connectivity index (χ3n) is 4.70. The second-order valence-corrected chi connectivity index (χ2v) is 7.74. The van der Waals surface area contributed by atoms with Crippen LogP contribution in [0.25, 0.3) is 11.3 Å². The van der Waals surface area contributed by atoms with E-state index in [0.717, 1.165) is 16.1 Å². The SMILES string of the molecule is CCn1c(-c2ccc(C)c(C)c2)c(C)sc1=NC(=O)c1ccc([N+](=O)[O-])cc1. The molecule has 0 atom stereocenters. The fraction of sp³-hybridized carbons (Fsp3) is 0.238. The first-order chi connectivity index (χ1) is 13.3. The molecule has 0 N–H and O–H groups in total. The van der Waals surface area contributed by atoms with Gasteiger partial charge in [-0.2, -0.15) is 4.99 Å². The first-order valence-corrected chi connectivity index (χ1v) is 9.74. The average Bonchev–Trinajstić information content (AvgIpc) is 2.98. The van der Waals surface area contributed by atoms with E-state index in [1.165, 1.54) is 46.7 Å². The Balaban J connectivity index is 2.05. The van der Waals surface area contributed by atoms with E-state index in [0.29, 0.717) is 16.9 Å². The number of rotatable bonds is 4. The van der Waals surface area contributed by atoms with Gasteiger partial charge in [0.2, 0.25) is 0 Å². The van der Waals surface area contributed by atoms with E-state index in [1.54, 1.807) is 0 Å². The number of hydrogen-bond acceptors (Lipinski definition) is 4. The minimum Gasteiger partial charge on any atom is -0.316 e. The van der Waals surface area contributed by atoms with Gasteiger partial charge in [-0.3, -0.25) is 14.9 Å². The zero-order chi connectivity index (χ0) is 20.4. The maximum absolute atomic E-state index is 12.6. The topological polar surface area (TPSA) is 77.5 Å². The zero-order valence-electron chi connectivity index (χ0n) is 16.2. The Morgan fingerprint density at radius 2 is 1.79 bits per heavy atom. The third kappa shape index (κ3) is 3.80. The number of thiazole rings is 1. The van der Waals surface area contributed by atoms with Crippen molar-refractivity contribution in [2.75, 3.05) is 0 Å². The van der Waals surface area contributed by atoms with Crippen molar-refractivity contribution in [2.45, 2.75) is 34.2 Å². The molecule has 0 saturated carbocycles. The second-order valence-electron chi connectivity index (χ2n) is 6.55. The lowest BCUT2D eigenvalue weighted by Gasteiger charge is -2.09. The van der Waals surface area contributed by atoms with Crippen LogP contribution >= 0.6 is 11.3 Å². The van der Waals surface area contributed by atoms with Crippen LogP contribution in [0.15, 0.2) is 47.5 Å². The van der Waals surface area contributed by atoms with Crippen LogP contribution in [0.4, 0.5) is 5.69 Å². The molecule has 0 aliphatic heterocycles. The lowest BCUT2D eigenvalue weighted by molar-refractivity contribution is -0.384. The van der Waals surface area contributed by atoms with Gasteiger partial charge in [0.1, 0.15) is 0 Å². The molecule has 2 aromatic carbocycles. The van der Waals surface area contributed by atoms with Crippen LogP contribution in [0.3, 0.4) is 0 Å². The zero-order valence-corrected chi connectivity index (χ0v) is 17.0. The molecule has 0 radical (unpaired) electrons. The van der Waals surface area contributed by atoms with Crippen molar-refractivity contribution in [1.29, 1.82) is 0 Å². The molecule has 7 heteroatoms. The lowest BCUT2D eigenvalue weighted by Crippen LogP contribution is -2.17. The minimum atomic E-state index is -0.491. The quantitative estimate of drug-likeness (QED) is 0.470. The standard InChI is InChI=1S/C21H21N3O3S/c1-5-23-19(17-7-6-13(2)14(3)12-17)15(4)28-21(23)22-20(25)16-8-10-18(11-9-16)24(26)27/h6-12H,5H2,1-4H3. The first-order valence-electron chi connectivity index (χ1n) is 8.93. The maximum atomic E-state index is 12.6. The summed E-state index contributed by atoms with van der Waals surface area (Å²) in [5.74, 6) is -0.412. The van der Waals surface area contributed by atoms with Crippen molar-refractivity contribution in [3.8, 4) is 11.3 Å². The predicted octanol–water partition coefficient (Wildman–Crippen LogP) is 4.81. The van der Waals surface area contributed by atoms with Crippen LogP contribution in [-0.2, 0) is 6.54 Å². The molecular weight excluding hydrogens is 374 g/mol. The molecule has 1 heterocycles. The summed E-state index contributed by atoms with van der Waals surface area (Å²) in [4.78, 5) is 28.9. The van der Waals surface area contributed by atoms with Crippen molar-refractivity contribution >= 4 is 22.9 Å². The molecule has 144 valence electrons. The number of nitro benzene ring substituents is 1. The Hall–Kier alpha value is -3.06. The Morgan fingerprint density at radius 1 is 1.11 bits per heavy atom. The molecule has 0 spiro atoms. The van der Waals surface area contributed by atoms with Crippen LogP contribution < -0.4 is 4.80 Å². The molecule has 0 saturated heterocycles. The largest absolute Gasteiger partial charge is 0.316 e. The van der Waals surface area contributed by atoms with Gasteiger partial charge < -0.3 is 4.57 Å². The van der Waals surface area contributed by atoms with Gasteiger partial charge in [-0.15, -0.1) is 11.3 Å². The lowest BCUT2D eigenvalue weighted by atomic mass is 10.0. The van der Waals surface area contributed by atoms with Gasteiger partial charge in [0.05, 0.1) is 10.6 Å². The molecule has 6 nitrogen and oxygen atoms in total. The Labute approximate surface area is 167 Å². The van der Waals surface area contributed by atoms with E-state index in [9.17, 15) is 14.9 Å². The second kappa shape index (κ2) is 7.90. The average molecular weight is 395 g/mol. The Bertz CT molecular complexity index is 1120. The van der Waals surface area contributed by atoms with Crippen LogP contribution in [-0.4, -0.2) is 15.4 Å². The molecule has 3 aromatic rings. The third-order valence-corrected chi connectivity index (χ3v) is 5.69. The highest BCUT2D eigenvalue weighted by atomic mass is 32.1. The molecule has 28 heavy (non-hydrogen) atoms. The van der Waals surface area contributed by atoms with Gasteiger partial charge in [-0.05, 0) is 62.6 Å². The first kappa shape index (κ1) is 19.7. The van der Waals surface area contributed by atoms with E-state index in [4.69, 9.17) is 0 Å². The van der Waals surface area contributed by atoms with Crippen LogP contribution in [0, 0.1) is 30.9 Å². The Morgan fingerprint density at radius 3 is 2.36 bits per heavy atom. The minimum absolute atomic E-state index is 0.0517. The van der Waals surface area contributed by atoms with Crippen molar-refractivity contribution < 1.29 is 9.72 Å². The summed E-state index contributed by atoms with van der Waals surface area (Å²) in [7, 11) is 0. The number of amides is 1. The molecule has 3 rings (SSSR count). The van der Waals surface area contributed by atoms with Crippen molar-refractivity contribution in [1.82, 2.24) is 4.57 Å². The molecular formula is C21H21N3O3S. The van der Waals surface area contributed by atoms with Crippen molar-refractivity contribution in [2.24, 2.45) is 4.99 Å². The smallest absolute Gasteiger partial charge is 0.279 e. The number of nitro groups is 1. The molecule has 0 aliphatic rings. The fourth-order valence-corrected chi connectivity index (χ4v) is 4.09. The number of benzene rings is 2. The van der Waals surface area contributed by atoms with Gasteiger partial charge in [0.25, 0.3) is 11.6 Å². The molecule has 0 fully saturated rings. The van der Waals surface area contributed by atoms with Crippen LogP contribution in [0.1, 0.15) is 33.3 Å². The fourth-order valence-electron chi connectivity index (χ4n) is 3.03. The summed E-state index contributed by atoms with van der Waals surface area (Å²) in [6.07, 6.45) is 0. The van der Waals surface area contributed by atoms with Gasteiger partial charge in [-0.1, -0.05) is 12.1 Å². The van der Waals surface area contributed by atoms with E-state index >= 15 is 0 Å². The highest BCUT2D eigenvalue weighted by Gasteiger charge is 2.14. The maximum Gasteiger partial charge on any atom is 0.279 e. The normalized spacial score (nSPS) is 11.6. The van der Waals surface area contributed by atoms with Gasteiger partial charge in [-0.25, -0.2) is 0 Å². The summed E-state index contributed by atoms with van der Waals surface area (Å²) < 4.78 is 2.04. The van der Waals surface area contributed by atoms with Crippen LogP contribution in [0.5, 0.6) is 0 Å². The molecule has 0 unspecified atom stereocenters. The van der Waals surface area contributed by atoms with E-state index in [2.05, 4.69) is 37.0 Å². The summed E-state index contributed by atoms with van der Waals surface area (Å²) in [6, 6.07) is 11.8. The van der Waals surface area contributed by atoms with Gasteiger partial charge >= 0.3 is 0 Å². The van der Waals surface area contributed by atoms with E-state index < -0.39 is 10.8 Å². The predicted molar refractivity (Wildman–Crippen MR) is 111 cm³/mol. The van der Waals surface area contributed by atoms with Gasteiger partial charge in [0, 0.05) is 29.1 Å². The number of hydrogen-bond donors (Lipinski definition) is 0. The monoisotopic (exact) mass is 395 g/mol. The summed E-state index contributed by atoms with van der Waals surface area (Å²) >= 11 is 1.47. The van der Waals surface area contributed by atoms with E-state index in [1.807, 2.05) is 18.4 Å². The number of carbonyl (C=O) groups excluding carboxylic acids is 1. The van der Waals surface area contributed by atoms with Crippen molar-refractivity contribution in [3.63, 3.8) is 0 Å². The molecule has 0 bridgehead atoms. The highest BCUT2D eigenvalue weighted by Crippen LogP contribution is 2.27. The highest BCUT2D eigenvalue weighted by molar-refractivity contribution is 7.09. The molecule has 1 amide bonds. The number of carbonyl (C=O) groups is 1. The summed E-state index contributed by atoms with van der Waals surface area (Å²) in [6.45, 7) is 8.89. The number of nitrogens with zero attached hydrogens (tertiary/aromatic N) is 3.